The molecule has 0 aliphatic rings. The SMILES string of the molecule is Cl.NC[C@@H](F)CO. The fourth-order valence-corrected chi connectivity index (χ4v) is 0.0745. The van der Waals surface area contributed by atoms with Crippen LogP contribution in [0.2, 0.25) is 0 Å². The van der Waals surface area contributed by atoms with Crippen LogP contribution >= 0.6 is 12.4 Å². The summed E-state index contributed by atoms with van der Waals surface area (Å²) in [6, 6.07) is 0. The molecule has 0 unspecified atom stereocenters. The Labute approximate surface area is 47.9 Å². The van der Waals surface area contributed by atoms with Crippen LogP contribution in [-0.2, 0) is 0 Å². The zero-order valence-corrected chi connectivity index (χ0v) is 4.62. The van der Waals surface area contributed by atoms with E-state index in [1.807, 2.05) is 0 Å². The van der Waals surface area contributed by atoms with Crippen molar-refractivity contribution in [3.8, 4) is 0 Å². The fraction of sp³-hybridized carbons (Fsp3) is 1.00. The molecular weight excluding hydrogens is 120 g/mol. The first-order chi connectivity index (χ1) is 2.81. The van der Waals surface area contributed by atoms with Crippen LogP contribution in [0.3, 0.4) is 0 Å². The summed E-state index contributed by atoms with van der Waals surface area (Å²) >= 11 is 0. The van der Waals surface area contributed by atoms with Gasteiger partial charge in [0.1, 0.15) is 6.17 Å². The first kappa shape index (κ1) is 10.2. The summed E-state index contributed by atoms with van der Waals surface area (Å²) in [6.07, 6.45) is -1.23. The molecule has 0 rings (SSSR count). The maximum absolute atomic E-state index is 11.5. The van der Waals surface area contributed by atoms with Gasteiger partial charge in [-0.1, -0.05) is 0 Å². The minimum Gasteiger partial charge on any atom is -0.393 e. The highest BCUT2D eigenvalue weighted by Crippen LogP contribution is 1.79. The van der Waals surface area contributed by atoms with Gasteiger partial charge in [0.15, 0.2) is 0 Å². The monoisotopic (exact) mass is 129 g/mol. The van der Waals surface area contributed by atoms with Gasteiger partial charge in [-0.25, -0.2) is 4.39 Å². The molecule has 0 aliphatic carbocycles. The van der Waals surface area contributed by atoms with Crippen LogP contribution in [-0.4, -0.2) is 24.4 Å². The number of halogens is 2. The summed E-state index contributed by atoms with van der Waals surface area (Å²) in [7, 11) is 0. The van der Waals surface area contributed by atoms with Crippen LogP contribution < -0.4 is 5.73 Å². The van der Waals surface area contributed by atoms with Crippen LogP contribution in [0.25, 0.3) is 0 Å². The van der Waals surface area contributed by atoms with Gasteiger partial charge in [-0.2, -0.15) is 0 Å². The molecule has 0 radical (unpaired) electrons. The van der Waals surface area contributed by atoms with Crippen LogP contribution in [0, 0.1) is 0 Å². The number of nitrogens with two attached hydrogens (primary N) is 1. The lowest BCUT2D eigenvalue weighted by Crippen LogP contribution is -2.18. The standard InChI is InChI=1S/C3H8FNO.ClH/c4-3(1-5)2-6;/h3,6H,1-2,5H2;1H/t3-;/m1./s1. The van der Waals surface area contributed by atoms with E-state index in [1.54, 1.807) is 0 Å². The predicted molar refractivity (Wildman–Crippen MR) is 28.3 cm³/mol. The summed E-state index contributed by atoms with van der Waals surface area (Å²) in [6.45, 7) is -0.549. The maximum Gasteiger partial charge on any atom is 0.135 e. The van der Waals surface area contributed by atoms with E-state index in [2.05, 4.69) is 0 Å². The first-order valence-corrected chi connectivity index (χ1v) is 1.76. The van der Waals surface area contributed by atoms with E-state index in [0.717, 1.165) is 0 Å². The Balaban J connectivity index is 0. The van der Waals surface area contributed by atoms with Crippen LogP contribution in [0.1, 0.15) is 0 Å². The van der Waals surface area contributed by atoms with Crippen molar-refractivity contribution in [3.63, 3.8) is 0 Å². The van der Waals surface area contributed by atoms with Crippen molar-refractivity contribution in [1.82, 2.24) is 0 Å². The highest BCUT2D eigenvalue weighted by Gasteiger charge is 1.95. The first-order valence-electron chi connectivity index (χ1n) is 1.76. The van der Waals surface area contributed by atoms with Crippen LogP contribution in [0.4, 0.5) is 4.39 Å². The van der Waals surface area contributed by atoms with E-state index >= 15 is 0 Å². The normalized spacial score (nSPS) is 12.4. The average Bonchev–Trinajstić information content (AvgIpc) is 1.65. The Kier molecular flexibility index (Phi) is 8.94. The van der Waals surface area contributed by atoms with Crippen molar-refractivity contribution in [1.29, 1.82) is 0 Å². The zero-order chi connectivity index (χ0) is 4.99. The van der Waals surface area contributed by atoms with Gasteiger partial charge in [0, 0.05) is 6.54 Å². The van der Waals surface area contributed by atoms with Crippen molar-refractivity contribution in [2.75, 3.05) is 13.2 Å². The van der Waals surface area contributed by atoms with Crippen molar-refractivity contribution < 1.29 is 9.50 Å². The van der Waals surface area contributed by atoms with Gasteiger partial charge in [0.2, 0.25) is 0 Å². The maximum atomic E-state index is 11.5. The van der Waals surface area contributed by atoms with Crippen molar-refractivity contribution >= 4 is 12.4 Å². The number of aliphatic hydroxyl groups is 1. The van der Waals surface area contributed by atoms with Gasteiger partial charge in [-0.3, -0.25) is 0 Å². The molecule has 0 bridgehead atoms. The van der Waals surface area contributed by atoms with Gasteiger partial charge in [0.25, 0.3) is 0 Å². The molecule has 0 aromatic carbocycles. The highest BCUT2D eigenvalue weighted by atomic mass is 35.5. The summed E-state index contributed by atoms with van der Waals surface area (Å²) < 4.78 is 11.5. The lowest BCUT2D eigenvalue weighted by Gasteiger charge is -1.93. The Morgan fingerprint density at radius 3 is 2.14 bits per heavy atom. The predicted octanol–water partition coefficient (Wildman–Crippen LogP) is -0.303. The van der Waals surface area contributed by atoms with E-state index in [1.165, 1.54) is 0 Å². The minimum absolute atomic E-state index is 0. The summed E-state index contributed by atoms with van der Waals surface area (Å²) in [5.41, 5.74) is 4.75. The summed E-state index contributed by atoms with van der Waals surface area (Å²) in [5, 5.41) is 7.88. The summed E-state index contributed by atoms with van der Waals surface area (Å²) in [5.74, 6) is 0. The molecule has 4 heteroatoms. The smallest absolute Gasteiger partial charge is 0.135 e. The molecule has 3 N–H and O–H groups in total. The number of hydrogen-bond donors (Lipinski definition) is 2. The van der Waals surface area contributed by atoms with E-state index in [-0.39, 0.29) is 19.0 Å². The third-order valence-corrected chi connectivity index (χ3v) is 0.454. The molecule has 0 aromatic heterocycles. The second-order valence-corrected chi connectivity index (χ2v) is 1.02. The van der Waals surface area contributed by atoms with E-state index in [4.69, 9.17) is 10.8 Å². The lowest BCUT2D eigenvalue weighted by molar-refractivity contribution is 0.183. The van der Waals surface area contributed by atoms with Gasteiger partial charge >= 0.3 is 0 Å². The topological polar surface area (TPSA) is 46.2 Å². The Morgan fingerprint density at radius 2 is 2.14 bits per heavy atom. The molecule has 0 heterocycles. The number of aliphatic hydroxyl groups excluding tert-OH is 1. The molecular formula is C3H9ClFNO. The molecule has 7 heavy (non-hydrogen) atoms. The molecule has 2 nitrogen and oxygen atoms in total. The number of hydrogen-bond acceptors (Lipinski definition) is 2. The largest absolute Gasteiger partial charge is 0.393 e. The van der Waals surface area contributed by atoms with Gasteiger partial charge in [-0.05, 0) is 0 Å². The van der Waals surface area contributed by atoms with Crippen molar-refractivity contribution in [3.05, 3.63) is 0 Å². The molecule has 0 saturated carbocycles. The Hall–Kier alpha value is 0.140. The van der Waals surface area contributed by atoms with Crippen LogP contribution in [0.5, 0.6) is 0 Å². The second kappa shape index (κ2) is 6.14. The fourth-order valence-electron chi connectivity index (χ4n) is 0.0745. The highest BCUT2D eigenvalue weighted by molar-refractivity contribution is 5.85. The zero-order valence-electron chi connectivity index (χ0n) is 3.80. The third-order valence-electron chi connectivity index (χ3n) is 0.454. The number of alkyl halides is 1. The van der Waals surface area contributed by atoms with Gasteiger partial charge in [0.05, 0.1) is 6.61 Å². The van der Waals surface area contributed by atoms with Crippen molar-refractivity contribution in [2.24, 2.45) is 5.73 Å². The average molecular weight is 130 g/mol. The second-order valence-electron chi connectivity index (χ2n) is 1.02. The van der Waals surface area contributed by atoms with Gasteiger partial charge in [-0.15, -0.1) is 12.4 Å². The molecule has 0 fully saturated rings. The lowest BCUT2D eigenvalue weighted by atomic mass is 10.4. The molecule has 0 spiro atoms. The third kappa shape index (κ3) is 6.14. The van der Waals surface area contributed by atoms with Crippen LogP contribution in [0.15, 0.2) is 0 Å². The molecule has 0 aromatic rings. The molecule has 0 aliphatic heterocycles. The minimum atomic E-state index is -1.23. The Morgan fingerprint density at radius 1 is 1.71 bits per heavy atom. The number of rotatable bonds is 2. The van der Waals surface area contributed by atoms with E-state index in [0.29, 0.717) is 0 Å². The van der Waals surface area contributed by atoms with E-state index < -0.39 is 12.8 Å². The molecule has 46 valence electrons. The molecule has 0 amide bonds. The molecule has 0 saturated heterocycles. The van der Waals surface area contributed by atoms with Gasteiger partial charge < -0.3 is 10.8 Å². The quantitative estimate of drug-likeness (QED) is 0.538. The van der Waals surface area contributed by atoms with E-state index in [9.17, 15) is 4.39 Å². The van der Waals surface area contributed by atoms with Crippen molar-refractivity contribution in [2.45, 2.75) is 6.17 Å². The Bertz CT molecular complexity index is 34.1. The summed E-state index contributed by atoms with van der Waals surface area (Å²) in [4.78, 5) is 0. The molecule has 1 atom stereocenters.